The van der Waals surface area contributed by atoms with Crippen molar-refractivity contribution in [1.82, 2.24) is 5.32 Å². The first kappa shape index (κ1) is 19.2. The van der Waals surface area contributed by atoms with Crippen molar-refractivity contribution in [3.05, 3.63) is 65.7 Å². The molecule has 3 N–H and O–H groups in total. The van der Waals surface area contributed by atoms with Crippen LogP contribution >= 0.6 is 0 Å². The number of carboxylic acids is 1. The van der Waals surface area contributed by atoms with Gasteiger partial charge in [0.25, 0.3) is 5.91 Å². The predicted octanol–water partition coefficient (Wildman–Crippen LogP) is 3.23. The molecule has 26 heavy (non-hydrogen) atoms. The van der Waals surface area contributed by atoms with Gasteiger partial charge in [0, 0.05) is 17.7 Å². The highest BCUT2D eigenvalue weighted by Gasteiger charge is 2.27. The van der Waals surface area contributed by atoms with Gasteiger partial charge in [0.15, 0.2) is 0 Å². The average Bonchev–Trinajstić information content (AvgIpc) is 2.66. The van der Waals surface area contributed by atoms with Gasteiger partial charge < -0.3 is 15.7 Å². The van der Waals surface area contributed by atoms with Crippen LogP contribution in [-0.2, 0) is 9.59 Å². The van der Waals surface area contributed by atoms with Crippen molar-refractivity contribution >= 4 is 23.5 Å². The number of carbonyl (C=O) groups is 3. The normalized spacial score (nSPS) is 12.7. The summed E-state index contributed by atoms with van der Waals surface area (Å²) in [6, 6.07) is 14.8. The van der Waals surface area contributed by atoms with E-state index in [9.17, 15) is 19.5 Å². The summed E-state index contributed by atoms with van der Waals surface area (Å²) in [5.41, 5.74) is 1.58. The third-order valence-electron chi connectivity index (χ3n) is 4.06. The number of nitrogens with one attached hydrogen (secondary N) is 2. The highest BCUT2D eigenvalue weighted by Crippen LogP contribution is 2.23. The van der Waals surface area contributed by atoms with Gasteiger partial charge in [-0.25, -0.2) is 0 Å². The van der Waals surface area contributed by atoms with Crippen molar-refractivity contribution in [1.29, 1.82) is 0 Å². The third-order valence-corrected chi connectivity index (χ3v) is 4.06. The lowest BCUT2D eigenvalue weighted by Crippen LogP contribution is -2.35. The first-order valence-corrected chi connectivity index (χ1v) is 8.41. The van der Waals surface area contributed by atoms with Crippen LogP contribution in [0.5, 0.6) is 0 Å². The molecule has 0 spiro atoms. The molecule has 0 aromatic heterocycles. The van der Waals surface area contributed by atoms with E-state index in [1.165, 1.54) is 0 Å². The van der Waals surface area contributed by atoms with Gasteiger partial charge in [-0.3, -0.25) is 14.4 Å². The van der Waals surface area contributed by atoms with Crippen LogP contribution in [0.4, 0.5) is 5.69 Å². The summed E-state index contributed by atoms with van der Waals surface area (Å²) in [4.78, 5) is 35.6. The fourth-order valence-corrected chi connectivity index (χ4v) is 2.51. The van der Waals surface area contributed by atoms with Gasteiger partial charge in [0.1, 0.15) is 0 Å². The largest absolute Gasteiger partial charge is 0.481 e. The van der Waals surface area contributed by atoms with Crippen molar-refractivity contribution in [2.75, 3.05) is 5.32 Å². The quantitative estimate of drug-likeness (QED) is 0.711. The SMILES string of the molecule is CCC(=O)Nc1cccc(C(=O)NC(c2ccccc2)C(C)C(=O)O)c1. The zero-order valence-corrected chi connectivity index (χ0v) is 14.7. The van der Waals surface area contributed by atoms with E-state index in [1.807, 2.05) is 6.07 Å². The maximum absolute atomic E-state index is 12.6. The van der Waals surface area contributed by atoms with Gasteiger partial charge in [0.05, 0.1) is 12.0 Å². The van der Waals surface area contributed by atoms with Crippen LogP contribution < -0.4 is 10.6 Å². The first-order valence-electron chi connectivity index (χ1n) is 8.41. The lowest BCUT2D eigenvalue weighted by atomic mass is 9.94. The molecule has 0 saturated carbocycles. The van der Waals surface area contributed by atoms with E-state index in [4.69, 9.17) is 0 Å². The summed E-state index contributed by atoms with van der Waals surface area (Å²) < 4.78 is 0. The summed E-state index contributed by atoms with van der Waals surface area (Å²) in [5, 5.41) is 14.9. The molecule has 0 aliphatic rings. The van der Waals surface area contributed by atoms with Crippen LogP contribution in [0.3, 0.4) is 0 Å². The summed E-state index contributed by atoms with van der Waals surface area (Å²) in [6.45, 7) is 3.29. The topological polar surface area (TPSA) is 95.5 Å². The molecular formula is C20H22N2O4. The Kier molecular flexibility index (Phi) is 6.49. The van der Waals surface area contributed by atoms with Crippen LogP contribution in [0.15, 0.2) is 54.6 Å². The number of carbonyl (C=O) groups excluding carboxylic acids is 2. The van der Waals surface area contributed by atoms with Crippen molar-refractivity contribution in [3.8, 4) is 0 Å². The highest BCUT2D eigenvalue weighted by atomic mass is 16.4. The standard InChI is InChI=1S/C20H22N2O4/c1-3-17(23)21-16-11-7-10-15(12-16)19(24)22-18(13(2)20(25)26)14-8-5-4-6-9-14/h4-13,18H,3H2,1-2H3,(H,21,23)(H,22,24)(H,25,26). The number of carboxylic acid groups (broad SMARTS) is 1. The number of anilines is 1. The Morgan fingerprint density at radius 3 is 2.35 bits per heavy atom. The second-order valence-electron chi connectivity index (χ2n) is 5.97. The lowest BCUT2D eigenvalue weighted by molar-refractivity contribution is -0.142. The zero-order valence-electron chi connectivity index (χ0n) is 14.7. The second kappa shape index (κ2) is 8.80. The van der Waals surface area contributed by atoms with Crippen LogP contribution in [0, 0.1) is 5.92 Å². The summed E-state index contributed by atoms with van der Waals surface area (Å²) >= 11 is 0. The Morgan fingerprint density at radius 1 is 1.04 bits per heavy atom. The minimum Gasteiger partial charge on any atom is -0.481 e. The molecule has 0 aliphatic heterocycles. The van der Waals surface area contributed by atoms with Crippen LogP contribution in [0.2, 0.25) is 0 Å². The van der Waals surface area contributed by atoms with Crippen molar-refractivity contribution in [2.45, 2.75) is 26.3 Å². The summed E-state index contributed by atoms with van der Waals surface area (Å²) in [7, 11) is 0. The molecule has 2 aromatic carbocycles. The minimum absolute atomic E-state index is 0.149. The van der Waals surface area contributed by atoms with E-state index in [-0.39, 0.29) is 5.91 Å². The van der Waals surface area contributed by atoms with Crippen LogP contribution in [0.25, 0.3) is 0 Å². The Bertz CT molecular complexity index is 789. The van der Waals surface area contributed by atoms with Gasteiger partial charge >= 0.3 is 5.97 Å². The van der Waals surface area contributed by atoms with E-state index in [2.05, 4.69) is 10.6 Å². The van der Waals surface area contributed by atoms with Gasteiger partial charge in [-0.2, -0.15) is 0 Å². The van der Waals surface area contributed by atoms with Crippen molar-refractivity contribution in [3.63, 3.8) is 0 Å². The van der Waals surface area contributed by atoms with Gasteiger partial charge in [-0.1, -0.05) is 43.3 Å². The Labute approximate surface area is 152 Å². The molecule has 2 aromatic rings. The predicted molar refractivity (Wildman–Crippen MR) is 98.8 cm³/mol. The van der Waals surface area contributed by atoms with Crippen molar-refractivity contribution < 1.29 is 19.5 Å². The fraction of sp³-hybridized carbons (Fsp3) is 0.250. The second-order valence-corrected chi connectivity index (χ2v) is 5.97. The van der Waals surface area contributed by atoms with E-state index in [1.54, 1.807) is 62.4 Å². The van der Waals surface area contributed by atoms with E-state index in [0.29, 0.717) is 23.2 Å². The maximum Gasteiger partial charge on any atom is 0.308 e. The number of hydrogen-bond acceptors (Lipinski definition) is 3. The fourth-order valence-electron chi connectivity index (χ4n) is 2.51. The number of aliphatic carboxylic acids is 1. The molecule has 6 heteroatoms. The molecule has 0 bridgehead atoms. The van der Waals surface area contributed by atoms with E-state index >= 15 is 0 Å². The van der Waals surface area contributed by atoms with Crippen LogP contribution in [-0.4, -0.2) is 22.9 Å². The van der Waals surface area contributed by atoms with Gasteiger partial charge in [-0.15, -0.1) is 0 Å². The number of amides is 2. The molecule has 2 rings (SSSR count). The summed E-state index contributed by atoms with van der Waals surface area (Å²) in [5.74, 6) is -2.35. The molecule has 0 aliphatic carbocycles. The Morgan fingerprint density at radius 2 is 1.73 bits per heavy atom. The average molecular weight is 354 g/mol. The summed E-state index contributed by atoms with van der Waals surface area (Å²) in [6.07, 6.45) is 0.336. The first-order chi connectivity index (χ1) is 12.4. The number of benzene rings is 2. The van der Waals surface area contributed by atoms with Crippen molar-refractivity contribution in [2.24, 2.45) is 5.92 Å². The molecule has 136 valence electrons. The monoisotopic (exact) mass is 354 g/mol. The molecule has 0 heterocycles. The Hall–Kier alpha value is -3.15. The smallest absolute Gasteiger partial charge is 0.308 e. The zero-order chi connectivity index (χ0) is 19.1. The molecule has 2 amide bonds. The third kappa shape index (κ3) is 4.92. The molecule has 0 fully saturated rings. The van der Waals surface area contributed by atoms with Gasteiger partial charge in [-0.05, 0) is 30.7 Å². The Balaban J connectivity index is 2.23. The number of hydrogen-bond donors (Lipinski definition) is 3. The highest BCUT2D eigenvalue weighted by molar-refractivity contribution is 5.97. The molecule has 2 atom stereocenters. The maximum atomic E-state index is 12.6. The molecule has 2 unspecified atom stereocenters. The van der Waals surface area contributed by atoms with E-state index in [0.717, 1.165) is 0 Å². The minimum atomic E-state index is -0.997. The molecule has 6 nitrogen and oxygen atoms in total. The number of rotatable bonds is 7. The molecule has 0 radical (unpaired) electrons. The van der Waals surface area contributed by atoms with Crippen LogP contribution in [0.1, 0.15) is 42.2 Å². The molecule has 0 saturated heterocycles. The lowest BCUT2D eigenvalue weighted by Gasteiger charge is -2.23. The molecular weight excluding hydrogens is 332 g/mol. The van der Waals surface area contributed by atoms with Gasteiger partial charge in [0.2, 0.25) is 5.91 Å². The van der Waals surface area contributed by atoms with E-state index < -0.39 is 23.8 Å².